The zero-order valence-corrected chi connectivity index (χ0v) is 11.8. The fraction of sp³-hybridized carbons (Fsp3) is 0.500. The fourth-order valence-electron chi connectivity index (χ4n) is 1.62. The van der Waals surface area contributed by atoms with E-state index in [1.165, 1.54) is 0 Å². The maximum atomic E-state index is 11.4. The van der Waals surface area contributed by atoms with Crippen LogP contribution < -0.4 is 20.1 Å². The lowest BCUT2D eigenvalue weighted by Crippen LogP contribution is -2.25. The molecule has 19 heavy (non-hydrogen) atoms. The van der Waals surface area contributed by atoms with Gasteiger partial charge in [0.1, 0.15) is 0 Å². The van der Waals surface area contributed by atoms with Gasteiger partial charge in [-0.15, -0.1) is 0 Å². The van der Waals surface area contributed by atoms with E-state index < -0.39 is 0 Å². The van der Waals surface area contributed by atoms with Crippen LogP contribution in [-0.4, -0.2) is 33.2 Å². The Bertz CT molecular complexity index is 408. The molecular weight excluding hydrogens is 244 g/mol. The van der Waals surface area contributed by atoms with E-state index in [0.717, 1.165) is 18.7 Å². The Morgan fingerprint density at radius 1 is 1.16 bits per heavy atom. The molecule has 1 aromatic rings. The van der Waals surface area contributed by atoms with Crippen LogP contribution in [0.5, 0.6) is 11.5 Å². The first-order chi connectivity index (χ1) is 9.21. The topological polar surface area (TPSA) is 59.6 Å². The molecule has 0 aliphatic heterocycles. The monoisotopic (exact) mass is 266 g/mol. The number of nitrogens with one attached hydrogen (secondary N) is 2. The number of rotatable bonds is 8. The van der Waals surface area contributed by atoms with E-state index >= 15 is 0 Å². The Balaban J connectivity index is 2.43. The molecule has 0 saturated heterocycles. The van der Waals surface area contributed by atoms with Gasteiger partial charge in [0.25, 0.3) is 0 Å². The van der Waals surface area contributed by atoms with Gasteiger partial charge in [-0.1, -0.05) is 6.92 Å². The highest BCUT2D eigenvalue weighted by Crippen LogP contribution is 2.29. The van der Waals surface area contributed by atoms with E-state index in [9.17, 15) is 4.79 Å². The molecule has 106 valence electrons. The minimum Gasteiger partial charge on any atom is -0.493 e. The van der Waals surface area contributed by atoms with E-state index in [2.05, 4.69) is 10.6 Å². The van der Waals surface area contributed by atoms with E-state index in [1.54, 1.807) is 14.2 Å². The Kier molecular flexibility index (Phi) is 6.57. The molecule has 0 bridgehead atoms. The quantitative estimate of drug-likeness (QED) is 0.756. The first-order valence-electron chi connectivity index (χ1n) is 6.43. The molecule has 5 nitrogen and oxygen atoms in total. The summed E-state index contributed by atoms with van der Waals surface area (Å²) in [6.45, 7) is 3.35. The minimum absolute atomic E-state index is 0.0647. The van der Waals surface area contributed by atoms with E-state index in [-0.39, 0.29) is 5.91 Å². The summed E-state index contributed by atoms with van der Waals surface area (Å²) in [5, 5.41) is 6.02. The molecule has 0 aliphatic rings. The summed E-state index contributed by atoms with van der Waals surface area (Å²) >= 11 is 0. The smallest absolute Gasteiger partial charge is 0.221 e. The number of ether oxygens (including phenoxy) is 2. The second-order valence-electron chi connectivity index (χ2n) is 4.10. The van der Waals surface area contributed by atoms with Crippen LogP contribution in [-0.2, 0) is 4.79 Å². The van der Waals surface area contributed by atoms with Crippen LogP contribution in [0.15, 0.2) is 18.2 Å². The lowest BCUT2D eigenvalue weighted by molar-refractivity contribution is -0.120. The third kappa shape index (κ3) is 5.07. The Morgan fingerprint density at radius 3 is 2.53 bits per heavy atom. The van der Waals surface area contributed by atoms with Gasteiger partial charge in [-0.2, -0.15) is 0 Å². The van der Waals surface area contributed by atoms with Gasteiger partial charge in [-0.3, -0.25) is 4.79 Å². The second kappa shape index (κ2) is 8.24. The fourth-order valence-corrected chi connectivity index (χ4v) is 1.62. The van der Waals surface area contributed by atoms with Crippen molar-refractivity contribution in [1.29, 1.82) is 0 Å². The maximum absolute atomic E-state index is 11.4. The Hall–Kier alpha value is -1.91. The van der Waals surface area contributed by atoms with Gasteiger partial charge in [0.05, 0.1) is 14.2 Å². The lowest BCUT2D eigenvalue weighted by Gasteiger charge is -2.11. The zero-order chi connectivity index (χ0) is 14.1. The number of amides is 1. The Labute approximate surface area is 114 Å². The summed E-state index contributed by atoms with van der Waals surface area (Å²) in [5.74, 6) is 1.42. The number of anilines is 1. The number of carbonyl (C=O) groups excluding carboxylic acids is 1. The predicted octanol–water partition coefficient (Wildman–Crippen LogP) is 2.03. The summed E-state index contributed by atoms with van der Waals surface area (Å²) in [6.07, 6.45) is 1.41. The van der Waals surface area contributed by atoms with Crippen molar-refractivity contribution in [2.75, 3.05) is 32.6 Å². The van der Waals surface area contributed by atoms with Crippen LogP contribution in [0.2, 0.25) is 0 Å². The van der Waals surface area contributed by atoms with Crippen molar-refractivity contribution in [3.8, 4) is 11.5 Å². The zero-order valence-electron chi connectivity index (χ0n) is 11.8. The largest absolute Gasteiger partial charge is 0.493 e. The average molecular weight is 266 g/mol. The minimum atomic E-state index is 0.0647. The molecule has 0 radical (unpaired) electrons. The van der Waals surface area contributed by atoms with Gasteiger partial charge in [0.15, 0.2) is 11.5 Å². The highest BCUT2D eigenvalue weighted by Gasteiger charge is 2.05. The second-order valence-corrected chi connectivity index (χ2v) is 4.10. The van der Waals surface area contributed by atoms with Crippen LogP contribution in [0.25, 0.3) is 0 Å². The third-order valence-corrected chi connectivity index (χ3v) is 2.64. The lowest BCUT2D eigenvalue weighted by atomic mass is 10.2. The number of methoxy groups -OCH3 is 2. The first kappa shape index (κ1) is 15.1. The van der Waals surface area contributed by atoms with Crippen LogP contribution in [0.4, 0.5) is 5.69 Å². The van der Waals surface area contributed by atoms with Gasteiger partial charge in [-0.25, -0.2) is 0 Å². The van der Waals surface area contributed by atoms with Gasteiger partial charge < -0.3 is 20.1 Å². The molecule has 1 rings (SSSR count). The van der Waals surface area contributed by atoms with E-state index in [4.69, 9.17) is 9.47 Å². The highest BCUT2D eigenvalue weighted by molar-refractivity contribution is 5.76. The van der Waals surface area contributed by atoms with Gasteiger partial charge >= 0.3 is 0 Å². The molecule has 1 aromatic carbocycles. The molecule has 2 N–H and O–H groups in total. The van der Waals surface area contributed by atoms with Gasteiger partial charge in [0, 0.05) is 31.3 Å². The standard InChI is InChI=1S/C14H22N2O3/c1-4-8-16-14(17)7-9-15-11-5-6-12(18-2)13(10-11)19-3/h5-6,10,15H,4,7-9H2,1-3H3,(H,16,17). The number of carbonyl (C=O) groups is 1. The molecule has 0 saturated carbocycles. The SMILES string of the molecule is CCCNC(=O)CCNc1ccc(OC)c(OC)c1. The maximum Gasteiger partial charge on any atom is 0.221 e. The average Bonchev–Trinajstić information content (AvgIpc) is 2.44. The predicted molar refractivity (Wildman–Crippen MR) is 76.0 cm³/mol. The molecule has 0 atom stereocenters. The number of hydrogen-bond donors (Lipinski definition) is 2. The van der Waals surface area contributed by atoms with Crippen molar-refractivity contribution in [2.24, 2.45) is 0 Å². The van der Waals surface area contributed by atoms with E-state index in [0.29, 0.717) is 24.5 Å². The van der Waals surface area contributed by atoms with Crippen LogP contribution in [0, 0.1) is 0 Å². The molecule has 0 fully saturated rings. The summed E-state index contributed by atoms with van der Waals surface area (Å²) < 4.78 is 10.4. The molecule has 0 heterocycles. The number of hydrogen-bond acceptors (Lipinski definition) is 4. The first-order valence-corrected chi connectivity index (χ1v) is 6.43. The van der Waals surface area contributed by atoms with Crippen molar-refractivity contribution in [1.82, 2.24) is 5.32 Å². The summed E-state index contributed by atoms with van der Waals surface area (Å²) in [6, 6.07) is 5.58. The molecule has 5 heteroatoms. The summed E-state index contributed by atoms with van der Waals surface area (Å²) in [7, 11) is 3.20. The van der Waals surface area contributed by atoms with Gasteiger partial charge in [0.2, 0.25) is 5.91 Å². The molecule has 0 spiro atoms. The molecule has 0 aromatic heterocycles. The van der Waals surface area contributed by atoms with Crippen LogP contribution in [0.1, 0.15) is 19.8 Å². The molecular formula is C14H22N2O3. The molecule has 0 unspecified atom stereocenters. The molecule has 0 aliphatic carbocycles. The summed E-state index contributed by atoms with van der Waals surface area (Å²) in [5.41, 5.74) is 0.904. The van der Waals surface area contributed by atoms with Crippen molar-refractivity contribution >= 4 is 11.6 Å². The molecule has 1 amide bonds. The number of benzene rings is 1. The third-order valence-electron chi connectivity index (χ3n) is 2.64. The Morgan fingerprint density at radius 2 is 1.89 bits per heavy atom. The normalized spacial score (nSPS) is 9.84. The van der Waals surface area contributed by atoms with Crippen molar-refractivity contribution in [3.63, 3.8) is 0 Å². The van der Waals surface area contributed by atoms with Crippen molar-refractivity contribution < 1.29 is 14.3 Å². The van der Waals surface area contributed by atoms with Crippen LogP contribution in [0.3, 0.4) is 0 Å². The highest BCUT2D eigenvalue weighted by atomic mass is 16.5. The van der Waals surface area contributed by atoms with Gasteiger partial charge in [-0.05, 0) is 18.6 Å². The van der Waals surface area contributed by atoms with Crippen LogP contribution >= 0.6 is 0 Å². The summed E-state index contributed by atoms with van der Waals surface area (Å²) in [4.78, 5) is 11.4. The van der Waals surface area contributed by atoms with Crippen molar-refractivity contribution in [3.05, 3.63) is 18.2 Å². The van der Waals surface area contributed by atoms with Crippen molar-refractivity contribution in [2.45, 2.75) is 19.8 Å². The van der Waals surface area contributed by atoms with E-state index in [1.807, 2.05) is 25.1 Å².